The number of hydrogen-bond donors (Lipinski definition) is 2. The number of unbranched alkanes of at least 4 members (excludes halogenated alkanes) is 1. The molecule has 2 atom stereocenters. The van der Waals surface area contributed by atoms with Gasteiger partial charge < -0.3 is 15.4 Å². The molecule has 0 aromatic rings. The minimum atomic E-state index is 0. The van der Waals surface area contributed by atoms with E-state index in [1.807, 2.05) is 11.8 Å². The number of rotatable bonds is 8. The SMILES string of the molecule is CCCCC(COC)NC(=O)CC1CSCCN1.Cl. The molecule has 6 heteroatoms. The van der Waals surface area contributed by atoms with Crippen molar-refractivity contribution in [2.75, 3.05) is 31.8 Å². The molecule has 1 aliphatic rings. The molecule has 1 heterocycles. The smallest absolute Gasteiger partial charge is 0.221 e. The Bertz CT molecular complexity index is 239. The Morgan fingerprint density at radius 3 is 2.95 bits per heavy atom. The number of thioether (sulfide) groups is 1. The standard InChI is InChI=1S/C13H26N2O2S.ClH/c1-3-4-5-11(9-17-2)15-13(16)8-12-10-18-7-6-14-12;/h11-12,14H,3-10H2,1-2H3,(H,15,16);1H. The van der Waals surface area contributed by atoms with E-state index in [2.05, 4.69) is 17.6 Å². The fourth-order valence-corrected chi connectivity index (χ4v) is 3.06. The van der Waals surface area contributed by atoms with Crippen LogP contribution in [0.5, 0.6) is 0 Å². The van der Waals surface area contributed by atoms with Gasteiger partial charge >= 0.3 is 0 Å². The lowest BCUT2D eigenvalue weighted by Crippen LogP contribution is -2.44. The first-order chi connectivity index (χ1) is 8.76. The maximum Gasteiger partial charge on any atom is 0.221 e. The monoisotopic (exact) mass is 310 g/mol. The first-order valence-corrected chi connectivity index (χ1v) is 8.01. The van der Waals surface area contributed by atoms with E-state index in [9.17, 15) is 4.79 Å². The van der Waals surface area contributed by atoms with Crippen LogP contribution in [0.1, 0.15) is 32.6 Å². The number of methoxy groups -OCH3 is 1. The largest absolute Gasteiger partial charge is 0.383 e. The Morgan fingerprint density at radius 2 is 2.37 bits per heavy atom. The summed E-state index contributed by atoms with van der Waals surface area (Å²) in [5.41, 5.74) is 0. The molecule has 1 aliphatic heterocycles. The summed E-state index contributed by atoms with van der Waals surface area (Å²) >= 11 is 1.92. The van der Waals surface area contributed by atoms with Crippen LogP contribution >= 0.6 is 24.2 Å². The summed E-state index contributed by atoms with van der Waals surface area (Å²) in [4.78, 5) is 11.9. The van der Waals surface area contributed by atoms with E-state index >= 15 is 0 Å². The molecule has 1 rings (SSSR count). The molecule has 4 nitrogen and oxygen atoms in total. The average molecular weight is 311 g/mol. The van der Waals surface area contributed by atoms with E-state index in [-0.39, 0.29) is 24.4 Å². The van der Waals surface area contributed by atoms with Crippen molar-refractivity contribution in [1.82, 2.24) is 10.6 Å². The Kier molecular flexibility index (Phi) is 11.8. The van der Waals surface area contributed by atoms with E-state index in [0.29, 0.717) is 19.1 Å². The predicted octanol–water partition coefficient (Wildman–Crippen LogP) is 1.82. The highest BCUT2D eigenvalue weighted by atomic mass is 35.5. The molecule has 2 unspecified atom stereocenters. The molecule has 1 saturated heterocycles. The zero-order chi connectivity index (χ0) is 13.2. The van der Waals surface area contributed by atoms with E-state index < -0.39 is 0 Å². The highest BCUT2D eigenvalue weighted by molar-refractivity contribution is 7.99. The average Bonchev–Trinajstić information content (AvgIpc) is 2.37. The van der Waals surface area contributed by atoms with Gasteiger partial charge in [-0.3, -0.25) is 4.79 Å². The van der Waals surface area contributed by atoms with Crippen LogP contribution in [0.2, 0.25) is 0 Å². The number of amides is 1. The highest BCUT2D eigenvalue weighted by Gasteiger charge is 2.18. The Balaban J connectivity index is 0.00000324. The van der Waals surface area contributed by atoms with Crippen LogP contribution in [0.4, 0.5) is 0 Å². The summed E-state index contributed by atoms with van der Waals surface area (Å²) in [7, 11) is 1.68. The minimum absolute atomic E-state index is 0. The lowest BCUT2D eigenvalue weighted by molar-refractivity contribution is -0.122. The van der Waals surface area contributed by atoms with E-state index in [1.54, 1.807) is 7.11 Å². The van der Waals surface area contributed by atoms with Crippen molar-refractivity contribution in [2.45, 2.75) is 44.7 Å². The van der Waals surface area contributed by atoms with Crippen molar-refractivity contribution in [3.8, 4) is 0 Å². The van der Waals surface area contributed by atoms with Crippen LogP contribution in [0.25, 0.3) is 0 Å². The van der Waals surface area contributed by atoms with Crippen LogP contribution < -0.4 is 10.6 Å². The van der Waals surface area contributed by atoms with Crippen molar-refractivity contribution in [1.29, 1.82) is 0 Å². The number of carbonyl (C=O) groups is 1. The third kappa shape index (κ3) is 8.74. The van der Waals surface area contributed by atoms with Gasteiger partial charge in [-0.1, -0.05) is 19.8 Å². The van der Waals surface area contributed by atoms with E-state index in [4.69, 9.17) is 4.74 Å². The molecule has 0 aromatic carbocycles. The molecule has 0 aliphatic carbocycles. The summed E-state index contributed by atoms with van der Waals surface area (Å²) in [5.74, 6) is 2.34. The van der Waals surface area contributed by atoms with Gasteiger partial charge in [0.1, 0.15) is 0 Å². The molecular formula is C13H27ClN2O2S. The zero-order valence-corrected chi connectivity index (χ0v) is 13.6. The van der Waals surface area contributed by atoms with Crippen molar-refractivity contribution in [2.24, 2.45) is 0 Å². The van der Waals surface area contributed by atoms with Crippen LogP contribution in [-0.4, -0.2) is 49.8 Å². The lowest BCUT2D eigenvalue weighted by Gasteiger charge is -2.24. The Labute approximate surface area is 127 Å². The molecule has 0 bridgehead atoms. The quantitative estimate of drug-likeness (QED) is 0.718. The van der Waals surface area contributed by atoms with Gasteiger partial charge in [0.15, 0.2) is 0 Å². The van der Waals surface area contributed by atoms with Crippen LogP contribution in [0.15, 0.2) is 0 Å². The van der Waals surface area contributed by atoms with E-state index in [0.717, 1.165) is 37.3 Å². The van der Waals surface area contributed by atoms with Crippen molar-refractivity contribution < 1.29 is 9.53 Å². The molecule has 0 radical (unpaired) electrons. The second kappa shape index (κ2) is 11.8. The van der Waals surface area contributed by atoms with Gasteiger partial charge in [0, 0.05) is 37.6 Å². The van der Waals surface area contributed by atoms with Crippen molar-refractivity contribution >= 4 is 30.1 Å². The number of halogens is 1. The van der Waals surface area contributed by atoms with Crippen LogP contribution in [-0.2, 0) is 9.53 Å². The fourth-order valence-electron chi connectivity index (χ4n) is 2.11. The summed E-state index contributed by atoms with van der Waals surface area (Å²) in [6, 6.07) is 0.497. The van der Waals surface area contributed by atoms with Gasteiger partial charge in [0.05, 0.1) is 12.6 Å². The Morgan fingerprint density at radius 1 is 1.58 bits per heavy atom. The van der Waals surface area contributed by atoms with Gasteiger partial charge in [-0.05, 0) is 6.42 Å². The van der Waals surface area contributed by atoms with Crippen molar-refractivity contribution in [3.63, 3.8) is 0 Å². The highest BCUT2D eigenvalue weighted by Crippen LogP contribution is 2.10. The van der Waals surface area contributed by atoms with Gasteiger partial charge in [0.25, 0.3) is 0 Å². The second-order valence-electron chi connectivity index (χ2n) is 4.79. The summed E-state index contributed by atoms with van der Waals surface area (Å²) < 4.78 is 5.16. The van der Waals surface area contributed by atoms with Gasteiger partial charge in [0.2, 0.25) is 5.91 Å². The zero-order valence-electron chi connectivity index (χ0n) is 11.9. The summed E-state index contributed by atoms with van der Waals surface area (Å²) in [5, 5.41) is 6.47. The first kappa shape index (κ1) is 19.0. The molecule has 2 N–H and O–H groups in total. The van der Waals surface area contributed by atoms with Crippen LogP contribution in [0, 0.1) is 0 Å². The van der Waals surface area contributed by atoms with E-state index in [1.165, 1.54) is 0 Å². The number of hydrogen-bond acceptors (Lipinski definition) is 4. The maximum atomic E-state index is 11.9. The normalized spacial score (nSPS) is 20.4. The molecule has 1 fully saturated rings. The predicted molar refractivity (Wildman–Crippen MR) is 84.3 cm³/mol. The molecule has 0 spiro atoms. The third-order valence-corrected chi connectivity index (χ3v) is 4.20. The molecule has 19 heavy (non-hydrogen) atoms. The first-order valence-electron chi connectivity index (χ1n) is 6.85. The summed E-state index contributed by atoms with van der Waals surface area (Å²) in [6.07, 6.45) is 3.87. The second-order valence-corrected chi connectivity index (χ2v) is 5.94. The Hall–Kier alpha value is 0.0300. The van der Waals surface area contributed by atoms with Crippen LogP contribution in [0.3, 0.4) is 0 Å². The molecule has 114 valence electrons. The summed E-state index contributed by atoms with van der Waals surface area (Å²) in [6.45, 7) is 3.79. The van der Waals surface area contributed by atoms with Crippen molar-refractivity contribution in [3.05, 3.63) is 0 Å². The van der Waals surface area contributed by atoms with Gasteiger partial charge in [-0.25, -0.2) is 0 Å². The third-order valence-electron chi connectivity index (χ3n) is 3.07. The number of ether oxygens (including phenoxy) is 1. The molecule has 1 amide bonds. The number of carbonyl (C=O) groups excluding carboxylic acids is 1. The van der Waals surface area contributed by atoms with Gasteiger partial charge in [-0.15, -0.1) is 12.4 Å². The maximum absolute atomic E-state index is 11.9. The lowest BCUT2D eigenvalue weighted by atomic mass is 10.1. The molecular weight excluding hydrogens is 284 g/mol. The van der Waals surface area contributed by atoms with Gasteiger partial charge in [-0.2, -0.15) is 11.8 Å². The molecule has 0 aromatic heterocycles. The minimum Gasteiger partial charge on any atom is -0.383 e. The topological polar surface area (TPSA) is 50.4 Å². The molecule has 0 saturated carbocycles. The fraction of sp³-hybridized carbons (Fsp3) is 0.923. The number of nitrogens with one attached hydrogen (secondary N) is 2.